The second-order valence-electron chi connectivity index (χ2n) is 13.3. The summed E-state index contributed by atoms with van der Waals surface area (Å²) in [6, 6.07) is 24.6. The van der Waals surface area contributed by atoms with E-state index in [1.807, 2.05) is 50.2 Å². The van der Waals surface area contributed by atoms with Gasteiger partial charge in [0.2, 0.25) is 0 Å². The standard InChI is InChI=1S/C15H11NO5S.C13H11NO5S.C12H9NO2/c1-7-3-4-11-9(5-7)13-12(21-11)6-10-14(20-8(2)16-10)15(13)22(17,18)19;1-6-2-3-9-7(4-6)11-10(19-9)5-8(14)12(15)13(11)20(16,17)18;13-9-6-12-8(5-10(9)14)7-3-1-2-4-11(7)15-12/h3-6H,1-2H3,(H,17,18,19);2-5,15H,14H2,1H3,(H,16,17,18);1-6,14H,13H2. The molecule has 0 atom stereocenters. The van der Waals surface area contributed by atoms with Crippen LogP contribution < -0.4 is 11.5 Å². The van der Waals surface area contributed by atoms with Gasteiger partial charge in [0.25, 0.3) is 20.2 Å². The second-order valence-corrected chi connectivity index (χ2v) is 16.1. The van der Waals surface area contributed by atoms with Crippen LogP contribution in [0.5, 0.6) is 11.5 Å². The number of para-hydroxylation sites is 1. The maximum Gasteiger partial charge on any atom is 0.299 e. The molecule has 0 saturated carbocycles. The lowest BCUT2D eigenvalue weighted by Gasteiger charge is -2.05. The van der Waals surface area contributed by atoms with Crippen molar-refractivity contribution in [2.45, 2.75) is 30.6 Å². The number of anilines is 2. The smallest absolute Gasteiger partial charge is 0.299 e. The van der Waals surface area contributed by atoms with Gasteiger partial charge in [0.1, 0.15) is 49.7 Å². The monoisotopic (exact) mass is 809 g/mol. The zero-order valence-corrected chi connectivity index (χ0v) is 31.7. The molecular formula is C40H31N3O12S2. The Balaban J connectivity index is 0.000000122. The summed E-state index contributed by atoms with van der Waals surface area (Å²) in [6.07, 6.45) is 0. The third-order valence-electron chi connectivity index (χ3n) is 9.25. The van der Waals surface area contributed by atoms with Gasteiger partial charge in [0, 0.05) is 46.7 Å². The lowest BCUT2D eigenvalue weighted by molar-refractivity contribution is 0.447. The van der Waals surface area contributed by atoms with Crippen molar-refractivity contribution >= 4 is 109 Å². The summed E-state index contributed by atoms with van der Waals surface area (Å²) in [5, 5.41) is 22.8. The highest BCUT2D eigenvalue weighted by atomic mass is 32.2. The molecule has 0 unspecified atom stereocenters. The third kappa shape index (κ3) is 6.47. The van der Waals surface area contributed by atoms with E-state index in [4.69, 9.17) is 29.1 Å². The van der Waals surface area contributed by atoms with Gasteiger partial charge in [-0.1, -0.05) is 41.5 Å². The SMILES string of the molecule is Cc1ccc2oc3cc(N)c(O)c(S(=O)(=O)O)c3c2c1.Cc1ccc2oc3cc4nc(C)oc4c(S(=O)(=O)O)c3c2c1.Nc1cc2oc3ccccc3c2cc1O. The molecule has 15 nitrogen and oxygen atoms in total. The fraction of sp³-hybridized carbons (Fsp3) is 0.0750. The van der Waals surface area contributed by atoms with E-state index in [-0.39, 0.29) is 32.9 Å². The molecule has 4 aromatic heterocycles. The van der Waals surface area contributed by atoms with Crippen LogP contribution in [0.1, 0.15) is 17.0 Å². The number of nitrogens with two attached hydrogens (primary N) is 2. The second kappa shape index (κ2) is 13.2. The van der Waals surface area contributed by atoms with Crippen LogP contribution in [0.25, 0.3) is 76.9 Å². The largest absolute Gasteiger partial charge is 0.506 e. The van der Waals surface area contributed by atoms with Crippen LogP contribution in [-0.4, -0.2) is 41.1 Å². The van der Waals surface area contributed by atoms with Crippen molar-refractivity contribution in [1.82, 2.24) is 4.98 Å². The number of nitrogen functional groups attached to an aromatic ring is 2. The lowest BCUT2D eigenvalue weighted by Crippen LogP contribution is -2.01. The van der Waals surface area contributed by atoms with Crippen LogP contribution in [0.15, 0.2) is 112 Å². The van der Waals surface area contributed by atoms with Crippen molar-refractivity contribution in [2.75, 3.05) is 11.5 Å². The summed E-state index contributed by atoms with van der Waals surface area (Å²) in [5.41, 5.74) is 16.5. The first-order valence-electron chi connectivity index (χ1n) is 16.9. The number of hydrogen-bond acceptors (Lipinski definition) is 13. The number of fused-ring (bicyclic) bond motifs is 10. The number of oxazole rings is 1. The summed E-state index contributed by atoms with van der Waals surface area (Å²) < 4.78 is 88.2. The molecule has 8 N–H and O–H groups in total. The van der Waals surface area contributed by atoms with Crippen molar-refractivity contribution in [3.63, 3.8) is 0 Å². The van der Waals surface area contributed by atoms with E-state index in [0.717, 1.165) is 27.5 Å². The molecule has 0 radical (unpaired) electrons. The van der Waals surface area contributed by atoms with Gasteiger partial charge in [0.15, 0.2) is 22.1 Å². The van der Waals surface area contributed by atoms with Crippen LogP contribution >= 0.6 is 0 Å². The van der Waals surface area contributed by atoms with E-state index >= 15 is 0 Å². The minimum Gasteiger partial charge on any atom is -0.506 e. The Morgan fingerprint density at radius 3 is 1.68 bits per heavy atom. The molecule has 0 amide bonds. The number of phenolic OH excluding ortho intramolecular Hbond substituents is 2. The van der Waals surface area contributed by atoms with Crippen molar-refractivity contribution < 1.29 is 53.8 Å². The van der Waals surface area contributed by atoms with Crippen LogP contribution in [0.2, 0.25) is 0 Å². The third-order valence-corrected chi connectivity index (χ3v) is 11.1. The van der Waals surface area contributed by atoms with Crippen LogP contribution in [0, 0.1) is 20.8 Å². The average Bonchev–Trinajstić information content (AvgIpc) is 3.88. The number of benzene rings is 6. The van der Waals surface area contributed by atoms with Gasteiger partial charge >= 0.3 is 0 Å². The maximum absolute atomic E-state index is 11.9. The summed E-state index contributed by atoms with van der Waals surface area (Å²) >= 11 is 0. The number of hydrogen-bond donors (Lipinski definition) is 6. The summed E-state index contributed by atoms with van der Waals surface area (Å²) in [7, 11) is -9.16. The molecule has 0 fully saturated rings. The number of furan rings is 3. The molecule has 0 aliphatic rings. The number of aromatic nitrogens is 1. The number of rotatable bonds is 2. The highest BCUT2D eigenvalue weighted by Gasteiger charge is 2.28. The minimum atomic E-state index is -4.65. The van der Waals surface area contributed by atoms with E-state index < -0.39 is 30.9 Å². The Hall–Kier alpha value is -6.79. The molecule has 10 aromatic rings. The predicted octanol–water partition coefficient (Wildman–Crippen LogP) is 8.89. The number of aromatic hydroxyl groups is 2. The summed E-state index contributed by atoms with van der Waals surface area (Å²) in [5.74, 6) is -0.272. The molecule has 0 bridgehead atoms. The maximum atomic E-state index is 11.9. The van der Waals surface area contributed by atoms with E-state index in [2.05, 4.69) is 4.98 Å². The molecule has 290 valence electrons. The Labute approximate surface area is 321 Å². The first-order valence-corrected chi connectivity index (χ1v) is 19.8. The normalized spacial score (nSPS) is 12.2. The molecule has 10 rings (SSSR count). The van der Waals surface area contributed by atoms with Gasteiger partial charge in [-0.2, -0.15) is 16.8 Å². The van der Waals surface area contributed by atoms with Gasteiger partial charge in [-0.3, -0.25) is 9.11 Å². The first-order chi connectivity index (χ1) is 26.9. The molecule has 17 heteroatoms. The summed E-state index contributed by atoms with van der Waals surface area (Å²) in [6.45, 7) is 5.34. The zero-order chi connectivity index (χ0) is 40.7. The predicted molar refractivity (Wildman–Crippen MR) is 215 cm³/mol. The van der Waals surface area contributed by atoms with Gasteiger partial charge in [-0.05, 0) is 50.2 Å². The molecule has 0 spiro atoms. The zero-order valence-electron chi connectivity index (χ0n) is 30.1. The molecular weight excluding hydrogens is 779 g/mol. The van der Waals surface area contributed by atoms with Crippen LogP contribution in [0.4, 0.5) is 11.4 Å². The lowest BCUT2D eigenvalue weighted by atomic mass is 10.1. The van der Waals surface area contributed by atoms with Crippen molar-refractivity contribution in [3.8, 4) is 11.5 Å². The van der Waals surface area contributed by atoms with E-state index in [9.17, 15) is 36.2 Å². The average molecular weight is 810 g/mol. The molecule has 0 aliphatic heterocycles. The molecule has 57 heavy (non-hydrogen) atoms. The van der Waals surface area contributed by atoms with E-state index in [1.165, 1.54) is 6.07 Å². The Kier molecular flexibility index (Phi) is 8.58. The first kappa shape index (κ1) is 37.1. The number of nitrogens with zero attached hydrogens (tertiary/aromatic N) is 1. The Morgan fingerprint density at radius 2 is 1.07 bits per heavy atom. The number of aryl methyl sites for hydroxylation is 3. The van der Waals surface area contributed by atoms with Gasteiger partial charge in [0.05, 0.1) is 22.1 Å². The van der Waals surface area contributed by atoms with Crippen LogP contribution in [0.3, 0.4) is 0 Å². The molecule has 0 aliphatic carbocycles. The quantitative estimate of drug-likeness (QED) is 0.0540. The fourth-order valence-corrected chi connectivity index (χ4v) is 8.49. The highest BCUT2D eigenvalue weighted by Crippen LogP contribution is 2.42. The van der Waals surface area contributed by atoms with E-state index in [1.54, 1.807) is 49.4 Å². The Morgan fingerprint density at radius 1 is 0.544 bits per heavy atom. The van der Waals surface area contributed by atoms with E-state index in [0.29, 0.717) is 55.6 Å². The highest BCUT2D eigenvalue weighted by molar-refractivity contribution is 7.86. The van der Waals surface area contributed by atoms with Crippen molar-refractivity contribution in [1.29, 1.82) is 0 Å². The molecule has 6 aromatic carbocycles. The number of phenols is 2. The van der Waals surface area contributed by atoms with Gasteiger partial charge in [-0.15, -0.1) is 0 Å². The topological polar surface area (TPSA) is 267 Å². The summed E-state index contributed by atoms with van der Waals surface area (Å²) in [4.78, 5) is 3.19. The fourth-order valence-electron chi connectivity index (χ4n) is 6.81. The van der Waals surface area contributed by atoms with Crippen molar-refractivity contribution in [3.05, 3.63) is 102 Å². The van der Waals surface area contributed by atoms with Crippen LogP contribution in [-0.2, 0) is 20.2 Å². The Bertz CT molecular complexity index is 3510. The molecule has 4 heterocycles. The molecule has 0 saturated heterocycles. The van der Waals surface area contributed by atoms with Gasteiger partial charge in [-0.25, -0.2) is 4.98 Å². The van der Waals surface area contributed by atoms with Gasteiger partial charge < -0.3 is 39.3 Å². The minimum absolute atomic E-state index is 0.0386. The van der Waals surface area contributed by atoms with Crippen molar-refractivity contribution in [2.24, 2.45) is 0 Å².